The Morgan fingerprint density at radius 2 is 1.77 bits per heavy atom. The van der Waals surface area contributed by atoms with Gasteiger partial charge in [0.25, 0.3) is 5.91 Å². The van der Waals surface area contributed by atoms with Crippen LogP contribution in [0.1, 0.15) is 10.4 Å². The highest BCUT2D eigenvalue weighted by molar-refractivity contribution is 6.37. The molecular weight excluding hydrogens is 332 g/mol. The number of rotatable bonds is 2. The predicted molar refractivity (Wildman–Crippen MR) is 83.3 cm³/mol. The molecule has 0 saturated carbocycles. The Bertz CT molecular complexity index is 949. The first-order chi connectivity index (χ1) is 10.4. The summed E-state index contributed by atoms with van der Waals surface area (Å²) in [6.07, 6.45) is 0. The Morgan fingerprint density at radius 1 is 1.05 bits per heavy atom. The molecule has 0 atom stereocenters. The number of carbonyl (C=O) groups is 1. The molecule has 0 radical (unpaired) electrons. The van der Waals surface area contributed by atoms with E-state index in [1.54, 1.807) is 18.2 Å². The Kier molecular flexibility index (Phi) is 3.64. The van der Waals surface area contributed by atoms with Crippen LogP contribution in [0, 0.1) is 5.82 Å². The maximum Gasteiger partial charge on any atom is 0.323 e. The number of nitrogens with one attached hydrogen (secondary N) is 3. The van der Waals surface area contributed by atoms with E-state index in [1.165, 1.54) is 6.07 Å². The van der Waals surface area contributed by atoms with E-state index in [1.807, 2.05) is 0 Å². The number of amides is 1. The van der Waals surface area contributed by atoms with E-state index < -0.39 is 11.7 Å². The van der Waals surface area contributed by atoms with Crippen LogP contribution >= 0.6 is 23.2 Å². The van der Waals surface area contributed by atoms with Crippen molar-refractivity contribution < 1.29 is 9.18 Å². The smallest absolute Gasteiger partial charge is 0.322 e. The zero-order valence-corrected chi connectivity index (χ0v) is 12.3. The summed E-state index contributed by atoms with van der Waals surface area (Å²) in [5, 5.41) is 2.46. The third kappa shape index (κ3) is 2.70. The van der Waals surface area contributed by atoms with Crippen LogP contribution in [0.3, 0.4) is 0 Å². The molecule has 0 bridgehead atoms. The lowest BCUT2D eigenvalue weighted by Gasteiger charge is -2.08. The Morgan fingerprint density at radius 3 is 2.55 bits per heavy atom. The van der Waals surface area contributed by atoms with Crippen molar-refractivity contribution >= 4 is 45.8 Å². The van der Waals surface area contributed by atoms with Crippen LogP contribution in [0.25, 0.3) is 11.0 Å². The summed E-state index contributed by atoms with van der Waals surface area (Å²) in [5.74, 6) is -1.32. The molecule has 8 heteroatoms. The molecule has 0 spiro atoms. The fraction of sp³-hybridized carbons (Fsp3) is 0. The first-order valence-corrected chi connectivity index (χ1v) is 6.87. The van der Waals surface area contributed by atoms with E-state index in [-0.39, 0.29) is 21.3 Å². The lowest BCUT2D eigenvalue weighted by Crippen LogP contribution is -2.12. The Labute approximate surface area is 133 Å². The number of H-pyrrole nitrogens is 2. The summed E-state index contributed by atoms with van der Waals surface area (Å²) in [6, 6.07) is 6.94. The Hall–Kier alpha value is -2.31. The molecule has 0 aliphatic heterocycles. The summed E-state index contributed by atoms with van der Waals surface area (Å²) in [6.45, 7) is 0. The van der Waals surface area contributed by atoms with Crippen molar-refractivity contribution in [3.05, 3.63) is 62.2 Å². The summed E-state index contributed by atoms with van der Waals surface area (Å²) in [5.41, 5.74) is 1.20. The van der Waals surface area contributed by atoms with Gasteiger partial charge in [-0.15, -0.1) is 0 Å². The second kappa shape index (κ2) is 5.47. The quantitative estimate of drug-likeness (QED) is 0.624. The monoisotopic (exact) mass is 339 g/mol. The number of aromatic amines is 2. The van der Waals surface area contributed by atoms with E-state index in [0.717, 1.165) is 6.07 Å². The number of hydrogen-bond acceptors (Lipinski definition) is 2. The van der Waals surface area contributed by atoms with Crippen LogP contribution in [0.4, 0.5) is 10.1 Å². The van der Waals surface area contributed by atoms with Gasteiger partial charge in [0.2, 0.25) is 0 Å². The second-order valence-electron chi connectivity index (χ2n) is 4.54. The molecule has 3 N–H and O–H groups in total. The van der Waals surface area contributed by atoms with Crippen LogP contribution < -0.4 is 11.0 Å². The van der Waals surface area contributed by atoms with Gasteiger partial charge in [-0.2, -0.15) is 0 Å². The molecule has 3 aromatic rings. The summed E-state index contributed by atoms with van der Waals surface area (Å²) in [7, 11) is 0. The molecule has 5 nitrogen and oxygen atoms in total. The van der Waals surface area contributed by atoms with Crippen molar-refractivity contribution in [2.24, 2.45) is 0 Å². The van der Waals surface area contributed by atoms with E-state index in [4.69, 9.17) is 23.2 Å². The second-order valence-corrected chi connectivity index (χ2v) is 5.35. The van der Waals surface area contributed by atoms with Gasteiger partial charge in [-0.05, 0) is 30.3 Å². The van der Waals surface area contributed by atoms with E-state index in [2.05, 4.69) is 15.3 Å². The van der Waals surface area contributed by atoms with E-state index >= 15 is 0 Å². The molecule has 0 saturated heterocycles. The number of fused-ring (bicyclic) bond motifs is 1. The number of halogens is 3. The SMILES string of the molecule is O=C(Nc1ccc2[nH]c(=O)[nH]c2c1)c1cc(F)c(Cl)cc1Cl. The van der Waals surface area contributed by atoms with Gasteiger partial charge in [0.15, 0.2) is 0 Å². The highest BCUT2D eigenvalue weighted by atomic mass is 35.5. The topological polar surface area (TPSA) is 77.8 Å². The largest absolute Gasteiger partial charge is 0.323 e. The standard InChI is InChI=1S/C14H8Cl2FN3O2/c15-8-5-9(16)10(17)4-7(8)13(21)18-6-1-2-11-12(3-6)20-14(22)19-11/h1-5H,(H,18,21)(H2,19,20,22). The van der Waals surface area contributed by atoms with Gasteiger partial charge in [-0.3, -0.25) is 4.79 Å². The van der Waals surface area contributed by atoms with Gasteiger partial charge in [0.1, 0.15) is 5.82 Å². The highest BCUT2D eigenvalue weighted by Gasteiger charge is 2.14. The molecule has 22 heavy (non-hydrogen) atoms. The van der Waals surface area contributed by atoms with Gasteiger partial charge in [0, 0.05) is 5.69 Å². The van der Waals surface area contributed by atoms with Crippen LogP contribution in [-0.2, 0) is 0 Å². The molecule has 2 aromatic carbocycles. The van der Waals surface area contributed by atoms with Crippen LogP contribution in [0.15, 0.2) is 35.1 Å². The maximum absolute atomic E-state index is 13.5. The third-order valence-electron chi connectivity index (χ3n) is 3.03. The van der Waals surface area contributed by atoms with Crippen molar-refractivity contribution in [1.82, 2.24) is 9.97 Å². The van der Waals surface area contributed by atoms with Gasteiger partial charge in [0.05, 0.1) is 26.6 Å². The molecule has 0 fully saturated rings. The summed E-state index contributed by atoms with van der Waals surface area (Å²) < 4.78 is 13.5. The number of hydrogen-bond donors (Lipinski definition) is 3. The summed E-state index contributed by atoms with van der Waals surface area (Å²) >= 11 is 11.5. The maximum atomic E-state index is 13.5. The lowest BCUT2D eigenvalue weighted by molar-refractivity contribution is 0.102. The average Bonchev–Trinajstić information content (AvgIpc) is 2.82. The molecule has 0 unspecified atom stereocenters. The minimum Gasteiger partial charge on any atom is -0.322 e. The minimum atomic E-state index is -0.735. The lowest BCUT2D eigenvalue weighted by atomic mass is 10.2. The molecule has 1 aromatic heterocycles. The number of benzene rings is 2. The summed E-state index contributed by atoms with van der Waals surface area (Å²) in [4.78, 5) is 28.5. The first kappa shape index (κ1) is 14.6. The number of aromatic nitrogens is 2. The van der Waals surface area contributed by atoms with Crippen molar-refractivity contribution in [3.8, 4) is 0 Å². The van der Waals surface area contributed by atoms with Crippen molar-refractivity contribution in [3.63, 3.8) is 0 Å². The predicted octanol–water partition coefficient (Wildman–Crippen LogP) is 3.55. The van der Waals surface area contributed by atoms with Gasteiger partial charge < -0.3 is 15.3 Å². The molecule has 1 heterocycles. The molecule has 1 amide bonds. The highest BCUT2D eigenvalue weighted by Crippen LogP contribution is 2.25. The van der Waals surface area contributed by atoms with E-state index in [0.29, 0.717) is 16.7 Å². The normalized spacial score (nSPS) is 10.9. The molecule has 3 rings (SSSR count). The minimum absolute atomic E-state index is 0.0359. The zero-order chi connectivity index (χ0) is 15.9. The van der Waals surface area contributed by atoms with Crippen LogP contribution in [0.2, 0.25) is 10.0 Å². The van der Waals surface area contributed by atoms with Gasteiger partial charge in [-0.1, -0.05) is 23.2 Å². The average molecular weight is 340 g/mol. The number of imidazole rings is 1. The number of carbonyl (C=O) groups excluding carboxylic acids is 1. The first-order valence-electron chi connectivity index (χ1n) is 6.12. The van der Waals surface area contributed by atoms with Crippen LogP contribution in [-0.4, -0.2) is 15.9 Å². The van der Waals surface area contributed by atoms with Gasteiger partial charge in [-0.25, -0.2) is 9.18 Å². The number of anilines is 1. The molecule has 0 aliphatic rings. The Balaban J connectivity index is 1.92. The van der Waals surface area contributed by atoms with Crippen molar-refractivity contribution in [1.29, 1.82) is 0 Å². The molecule has 0 aliphatic carbocycles. The third-order valence-corrected chi connectivity index (χ3v) is 3.63. The zero-order valence-electron chi connectivity index (χ0n) is 10.8. The fourth-order valence-electron chi connectivity index (χ4n) is 2.01. The molecular formula is C14H8Cl2FN3O2. The molecule has 112 valence electrons. The van der Waals surface area contributed by atoms with Crippen molar-refractivity contribution in [2.45, 2.75) is 0 Å². The van der Waals surface area contributed by atoms with Gasteiger partial charge >= 0.3 is 5.69 Å². The van der Waals surface area contributed by atoms with E-state index in [9.17, 15) is 14.0 Å². The van der Waals surface area contributed by atoms with Crippen LogP contribution in [0.5, 0.6) is 0 Å². The van der Waals surface area contributed by atoms with Crippen molar-refractivity contribution in [2.75, 3.05) is 5.32 Å². The fourth-order valence-corrected chi connectivity index (χ4v) is 2.47.